The quantitative estimate of drug-likeness (QED) is 0.796. The van der Waals surface area contributed by atoms with Gasteiger partial charge in [-0.3, -0.25) is 11.2 Å². The molecule has 1 amide bonds. The predicted octanol–water partition coefficient (Wildman–Crippen LogP) is 1.34. The molecule has 0 bridgehead atoms. The fraction of sp³-hybridized carbons (Fsp3) is 0.600. The Morgan fingerprint density at radius 3 is 2.25 bits per heavy atom. The zero-order valence-corrected chi connectivity index (χ0v) is 12.7. The summed E-state index contributed by atoms with van der Waals surface area (Å²) in [6.07, 6.45) is 0.421. The second-order valence-corrected chi connectivity index (χ2v) is 3.97. The summed E-state index contributed by atoms with van der Waals surface area (Å²) in [4.78, 5) is 22.9. The number of nitrogens with zero attached hydrogens (tertiary/aromatic N) is 1. The topological polar surface area (TPSA) is 66.8 Å². The van der Waals surface area contributed by atoms with Gasteiger partial charge < -0.3 is 21.7 Å². The number of hydrogen-bond donors (Lipinski definition) is 1. The number of carboxylic acid groups (broad SMARTS) is 1. The van der Waals surface area contributed by atoms with Gasteiger partial charge in [0.05, 0.1) is 0 Å². The Balaban J connectivity index is 0. The van der Waals surface area contributed by atoms with Gasteiger partial charge in [-0.15, -0.1) is 6.54 Å². The summed E-state index contributed by atoms with van der Waals surface area (Å²) in [5, 5.41) is 8.42. The molecule has 0 saturated carbocycles. The van der Waals surface area contributed by atoms with Crippen molar-refractivity contribution >= 4 is 12.1 Å². The molecule has 16 heavy (non-hydrogen) atoms. The normalized spacial score (nSPS) is 10.0. The Bertz CT molecular complexity index is 237. The Kier molecular flexibility index (Phi) is 8.93. The van der Waals surface area contributed by atoms with E-state index in [1.54, 1.807) is 20.8 Å². The molecule has 0 spiro atoms. The number of amides is 1. The largest absolute Gasteiger partial charge is 0.503 e. The molecular formula is C10H17NO4Y-2. The van der Waals surface area contributed by atoms with Gasteiger partial charge in [-0.25, -0.2) is 4.79 Å². The van der Waals surface area contributed by atoms with Crippen LogP contribution in [0.3, 0.4) is 0 Å². The van der Waals surface area contributed by atoms with Gasteiger partial charge >= 0.3 is 6.09 Å². The van der Waals surface area contributed by atoms with Crippen molar-refractivity contribution in [1.82, 2.24) is 4.90 Å². The Hall–Kier alpha value is -0.286. The molecule has 0 unspecified atom stereocenters. The Morgan fingerprint density at radius 2 is 1.94 bits per heavy atom. The number of carbonyl (C=O) groups excluding carboxylic acids is 1. The van der Waals surface area contributed by atoms with Gasteiger partial charge in [0, 0.05) is 32.7 Å². The van der Waals surface area contributed by atoms with Gasteiger partial charge in [-0.1, -0.05) is 6.54 Å². The summed E-state index contributed by atoms with van der Waals surface area (Å²) < 4.78 is 5.06. The summed E-state index contributed by atoms with van der Waals surface area (Å²) in [6.45, 7) is 8.92. The van der Waals surface area contributed by atoms with Crippen LogP contribution < -0.4 is 0 Å². The van der Waals surface area contributed by atoms with Gasteiger partial charge in [0.25, 0.3) is 0 Å². The van der Waals surface area contributed by atoms with Crippen molar-refractivity contribution in [2.75, 3.05) is 13.1 Å². The first-order valence-corrected chi connectivity index (χ1v) is 4.59. The minimum Gasteiger partial charge on any atom is -0.503 e. The van der Waals surface area contributed by atoms with Crippen molar-refractivity contribution in [3.05, 3.63) is 13.3 Å². The van der Waals surface area contributed by atoms with Crippen molar-refractivity contribution in [1.29, 1.82) is 0 Å². The van der Waals surface area contributed by atoms with E-state index in [-0.39, 0.29) is 45.8 Å². The summed E-state index contributed by atoms with van der Waals surface area (Å²) in [5.74, 6) is -1.07. The van der Waals surface area contributed by atoms with E-state index in [0.29, 0.717) is 0 Å². The van der Waals surface area contributed by atoms with Crippen LogP contribution in [-0.4, -0.2) is 40.8 Å². The number of rotatable bonds is 4. The SMILES string of the molecule is [CH2-]CN(C[CH-]C(=O)O)C(=O)OC(C)(C)C.[Y]. The van der Waals surface area contributed by atoms with Crippen molar-refractivity contribution in [2.24, 2.45) is 0 Å². The van der Waals surface area contributed by atoms with E-state index < -0.39 is 17.7 Å². The van der Waals surface area contributed by atoms with Crippen LogP contribution in [0.5, 0.6) is 0 Å². The maximum atomic E-state index is 11.5. The molecule has 6 heteroatoms. The third-order valence-corrected chi connectivity index (χ3v) is 1.41. The van der Waals surface area contributed by atoms with E-state index in [1.165, 1.54) is 4.90 Å². The summed E-state index contributed by atoms with van der Waals surface area (Å²) in [7, 11) is 0. The minimum absolute atomic E-state index is 0. The number of ether oxygens (including phenoxy) is 1. The van der Waals surface area contributed by atoms with Crippen molar-refractivity contribution in [3.8, 4) is 0 Å². The fourth-order valence-electron chi connectivity index (χ4n) is 0.772. The summed E-state index contributed by atoms with van der Waals surface area (Å²) >= 11 is 0. The third kappa shape index (κ3) is 8.98. The zero-order chi connectivity index (χ0) is 12.1. The molecule has 1 N–H and O–H groups in total. The van der Waals surface area contributed by atoms with E-state index in [9.17, 15) is 9.59 Å². The standard InChI is InChI=1S/C10H17NO4.Y/c1-5-11(7-6-8(12)13)9(14)15-10(2,3)4;/h6H,1,5,7H2,2-4H3,(H,12,13);/q-2;. The smallest absolute Gasteiger partial charge is 0.405 e. The van der Waals surface area contributed by atoms with Gasteiger partial charge in [-0.2, -0.15) is 0 Å². The van der Waals surface area contributed by atoms with Gasteiger partial charge in [0.15, 0.2) is 5.97 Å². The molecule has 0 aliphatic carbocycles. The van der Waals surface area contributed by atoms with Crippen LogP contribution in [0.15, 0.2) is 0 Å². The van der Waals surface area contributed by atoms with Gasteiger partial charge in [0.1, 0.15) is 5.60 Å². The molecule has 0 atom stereocenters. The van der Waals surface area contributed by atoms with Crippen LogP contribution in [0.1, 0.15) is 20.8 Å². The summed E-state index contributed by atoms with van der Waals surface area (Å²) in [5.41, 5.74) is -0.590. The average Bonchev–Trinajstić information content (AvgIpc) is 2.01. The number of carbonyl (C=O) groups is 2. The first kappa shape index (κ1) is 18.1. The molecule has 0 heterocycles. The van der Waals surface area contributed by atoms with Gasteiger partial charge in [0.2, 0.25) is 0 Å². The van der Waals surface area contributed by atoms with E-state index in [0.717, 1.165) is 6.42 Å². The molecule has 0 aromatic carbocycles. The number of carboxylic acids is 1. The Labute approximate surface area is 121 Å². The fourth-order valence-corrected chi connectivity index (χ4v) is 0.772. The van der Waals surface area contributed by atoms with Crippen molar-refractivity contribution < 1.29 is 52.1 Å². The first-order valence-electron chi connectivity index (χ1n) is 4.59. The molecule has 0 fully saturated rings. The zero-order valence-electron chi connectivity index (χ0n) is 9.90. The van der Waals surface area contributed by atoms with Crippen LogP contribution in [0.2, 0.25) is 0 Å². The molecule has 0 aromatic heterocycles. The van der Waals surface area contributed by atoms with E-state index in [2.05, 4.69) is 6.92 Å². The molecule has 1 radical (unpaired) electrons. The second kappa shape index (κ2) is 7.90. The van der Waals surface area contributed by atoms with Crippen LogP contribution in [-0.2, 0) is 42.2 Å². The van der Waals surface area contributed by atoms with Crippen LogP contribution in [0, 0.1) is 13.3 Å². The second-order valence-electron chi connectivity index (χ2n) is 3.97. The molecular weight excluding hydrogens is 287 g/mol. The van der Waals surface area contributed by atoms with E-state index in [4.69, 9.17) is 9.84 Å². The molecule has 0 aliphatic heterocycles. The van der Waals surface area contributed by atoms with E-state index >= 15 is 0 Å². The van der Waals surface area contributed by atoms with Crippen LogP contribution in [0.25, 0.3) is 0 Å². The van der Waals surface area contributed by atoms with Crippen LogP contribution in [0.4, 0.5) is 4.79 Å². The molecule has 0 aliphatic rings. The maximum absolute atomic E-state index is 11.5. The number of hydrogen-bond acceptors (Lipinski definition) is 3. The predicted molar refractivity (Wildman–Crippen MR) is 55.1 cm³/mol. The number of aliphatic carboxylic acids is 1. The average molecular weight is 304 g/mol. The maximum Gasteiger partial charge on any atom is 0.405 e. The van der Waals surface area contributed by atoms with Crippen molar-refractivity contribution in [2.45, 2.75) is 26.4 Å². The molecule has 0 saturated heterocycles. The van der Waals surface area contributed by atoms with E-state index in [1.807, 2.05) is 0 Å². The van der Waals surface area contributed by atoms with Crippen LogP contribution >= 0.6 is 0 Å². The first-order chi connectivity index (χ1) is 6.76. The molecule has 91 valence electrons. The monoisotopic (exact) mass is 304 g/mol. The summed E-state index contributed by atoms with van der Waals surface area (Å²) in [6, 6.07) is 0. The third-order valence-electron chi connectivity index (χ3n) is 1.41. The molecule has 0 rings (SSSR count). The molecule has 5 nitrogen and oxygen atoms in total. The Morgan fingerprint density at radius 1 is 1.44 bits per heavy atom. The molecule has 0 aromatic rings. The minimum atomic E-state index is -1.07. The van der Waals surface area contributed by atoms with Crippen molar-refractivity contribution in [3.63, 3.8) is 0 Å². The van der Waals surface area contributed by atoms with Gasteiger partial charge in [-0.05, 0) is 20.8 Å².